The molecule has 24 heavy (non-hydrogen) atoms. The number of halogens is 5. The number of rotatable bonds is 4. The van der Waals surface area contributed by atoms with E-state index in [1.165, 1.54) is 6.20 Å². The van der Waals surface area contributed by atoms with Crippen LogP contribution in [0.3, 0.4) is 0 Å². The topological polar surface area (TPSA) is 20.3 Å². The molecule has 1 aromatic rings. The Morgan fingerprint density at radius 3 is 2.29 bits per heavy atom. The first-order valence-corrected chi connectivity index (χ1v) is 8.16. The molecule has 0 unspecified atom stereocenters. The second-order valence-electron chi connectivity index (χ2n) is 6.14. The molecule has 2 rings (SSSR count). The number of piperazine rings is 1. The predicted molar refractivity (Wildman–Crippen MR) is 87.9 cm³/mol. The van der Waals surface area contributed by atoms with Gasteiger partial charge in [-0.3, -0.25) is 4.79 Å². The van der Waals surface area contributed by atoms with Crippen LogP contribution in [0.25, 0.3) is 0 Å². The van der Waals surface area contributed by atoms with E-state index in [9.17, 15) is 18.0 Å². The second-order valence-corrected chi connectivity index (χ2v) is 6.95. The van der Waals surface area contributed by atoms with E-state index in [2.05, 4.69) is 7.05 Å². The minimum Gasteiger partial charge on any atom is -0.366 e. The summed E-state index contributed by atoms with van der Waals surface area (Å²) in [4.78, 5) is 12.6. The van der Waals surface area contributed by atoms with Gasteiger partial charge in [0.15, 0.2) is 0 Å². The van der Waals surface area contributed by atoms with Crippen molar-refractivity contribution in [1.29, 1.82) is 0 Å². The van der Waals surface area contributed by atoms with Crippen LogP contribution >= 0.6 is 23.2 Å². The molecule has 0 spiro atoms. The van der Waals surface area contributed by atoms with Crippen molar-refractivity contribution in [3.05, 3.63) is 46.1 Å². The van der Waals surface area contributed by atoms with E-state index in [0.717, 1.165) is 5.56 Å². The first-order chi connectivity index (χ1) is 11.1. The third kappa shape index (κ3) is 4.88. The number of quaternary nitrogens is 1. The van der Waals surface area contributed by atoms with Crippen LogP contribution in [0.4, 0.5) is 13.2 Å². The Bertz CT molecular complexity index is 618. The average molecular weight is 382 g/mol. The summed E-state index contributed by atoms with van der Waals surface area (Å²) in [6, 6.07) is 5.36. The van der Waals surface area contributed by atoms with Gasteiger partial charge in [0.1, 0.15) is 6.54 Å². The summed E-state index contributed by atoms with van der Waals surface area (Å²) in [7, 11) is 2.06. The second kappa shape index (κ2) is 7.33. The number of hydrogen-bond donors (Lipinski definition) is 0. The molecule has 132 valence electrons. The Labute approximate surface area is 148 Å². The van der Waals surface area contributed by atoms with Crippen molar-refractivity contribution < 1.29 is 22.4 Å². The molecule has 0 saturated carbocycles. The number of nitrogens with zero attached hydrogens (tertiary/aromatic N) is 2. The molecule has 0 aliphatic carbocycles. The summed E-state index contributed by atoms with van der Waals surface area (Å²) in [5.41, 5.74) is 0.875. The van der Waals surface area contributed by atoms with Gasteiger partial charge in [-0.15, -0.1) is 0 Å². The predicted octanol–water partition coefficient (Wildman–Crippen LogP) is 3.90. The minimum atomic E-state index is -4.82. The minimum absolute atomic E-state index is 0.556. The summed E-state index contributed by atoms with van der Waals surface area (Å²) in [5.74, 6) is -1.84. The average Bonchev–Trinajstić information content (AvgIpc) is 2.49. The van der Waals surface area contributed by atoms with Gasteiger partial charge in [-0.25, -0.2) is 0 Å². The fourth-order valence-electron chi connectivity index (χ4n) is 2.60. The van der Waals surface area contributed by atoms with Crippen LogP contribution in [0, 0.1) is 0 Å². The summed E-state index contributed by atoms with van der Waals surface area (Å²) in [5, 5.41) is 1.22. The van der Waals surface area contributed by atoms with Crippen LogP contribution in [-0.2, 0) is 11.3 Å². The summed E-state index contributed by atoms with van der Waals surface area (Å²) in [6.07, 6.45) is -3.01. The number of carbonyl (C=O) groups is 1. The van der Waals surface area contributed by atoms with Crippen LogP contribution in [0.5, 0.6) is 0 Å². The van der Waals surface area contributed by atoms with Crippen molar-refractivity contribution >= 4 is 29.0 Å². The maximum atomic E-state index is 12.2. The smallest absolute Gasteiger partial charge is 0.366 e. The Morgan fingerprint density at radius 2 is 1.79 bits per heavy atom. The highest BCUT2D eigenvalue weighted by atomic mass is 35.5. The van der Waals surface area contributed by atoms with Gasteiger partial charge in [-0.1, -0.05) is 29.3 Å². The van der Waals surface area contributed by atoms with Crippen molar-refractivity contribution in [2.45, 2.75) is 12.7 Å². The summed E-state index contributed by atoms with van der Waals surface area (Å²) >= 11 is 12.4. The molecule has 0 N–H and O–H groups in total. The van der Waals surface area contributed by atoms with E-state index in [-0.39, 0.29) is 0 Å². The summed E-state index contributed by atoms with van der Waals surface area (Å²) in [6.45, 7) is 3.19. The third-order valence-corrected chi connectivity index (χ3v) is 4.88. The lowest BCUT2D eigenvalue weighted by molar-refractivity contribution is -0.926. The Kier molecular flexibility index (Phi) is 5.83. The van der Waals surface area contributed by atoms with Crippen LogP contribution in [-0.4, -0.2) is 54.6 Å². The molecule has 0 radical (unpaired) electrons. The molecular formula is C16H18Cl2F3N2O+. The number of carbonyl (C=O) groups excluding carboxylic acids is 1. The van der Waals surface area contributed by atoms with Gasteiger partial charge in [0.05, 0.1) is 43.3 Å². The van der Waals surface area contributed by atoms with Gasteiger partial charge in [-0.2, -0.15) is 13.2 Å². The van der Waals surface area contributed by atoms with Gasteiger partial charge in [-0.05, 0) is 12.1 Å². The van der Waals surface area contributed by atoms with Crippen molar-refractivity contribution in [2.24, 2.45) is 0 Å². The number of likely N-dealkylation sites (N-methyl/N-ethyl adjacent to an activating group) is 1. The molecule has 3 nitrogen and oxygen atoms in total. The lowest BCUT2D eigenvalue weighted by atomic mass is 10.1. The zero-order valence-electron chi connectivity index (χ0n) is 13.1. The zero-order chi connectivity index (χ0) is 18.0. The van der Waals surface area contributed by atoms with Gasteiger partial charge < -0.3 is 9.38 Å². The molecular weight excluding hydrogens is 364 g/mol. The molecule has 1 saturated heterocycles. The van der Waals surface area contributed by atoms with E-state index >= 15 is 0 Å². The van der Waals surface area contributed by atoms with Crippen molar-refractivity contribution in [3.63, 3.8) is 0 Å². The molecule has 0 amide bonds. The molecule has 1 fully saturated rings. The van der Waals surface area contributed by atoms with Crippen molar-refractivity contribution in [3.8, 4) is 0 Å². The number of allylic oxidation sites excluding steroid dienone is 1. The van der Waals surface area contributed by atoms with Crippen molar-refractivity contribution in [1.82, 2.24) is 4.90 Å². The lowest BCUT2D eigenvalue weighted by Gasteiger charge is -2.42. The molecule has 1 aromatic carbocycles. The molecule has 1 aliphatic heterocycles. The molecule has 8 heteroatoms. The molecule has 0 atom stereocenters. The van der Waals surface area contributed by atoms with E-state index in [1.54, 1.807) is 23.1 Å². The molecule has 0 aromatic heterocycles. The molecule has 1 heterocycles. The van der Waals surface area contributed by atoms with E-state index in [0.29, 0.717) is 53.3 Å². The fraction of sp³-hybridized carbons (Fsp3) is 0.438. The maximum absolute atomic E-state index is 12.2. The van der Waals surface area contributed by atoms with Crippen LogP contribution < -0.4 is 0 Å². The third-order valence-electron chi connectivity index (χ3n) is 4.17. The SMILES string of the molecule is C[N+]1(Cc2c(Cl)cccc2Cl)CCN(/C=C/C(=O)C(F)(F)F)CC1. The quantitative estimate of drug-likeness (QED) is 0.582. The largest absolute Gasteiger partial charge is 0.454 e. The Morgan fingerprint density at radius 1 is 1.25 bits per heavy atom. The number of alkyl halides is 3. The van der Waals surface area contributed by atoms with Crippen LogP contribution in [0.2, 0.25) is 10.0 Å². The van der Waals surface area contributed by atoms with E-state index in [1.807, 2.05) is 0 Å². The van der Waals surface area contributed by atoms with E-state index in [4.69, 9.17) is 23.2 Å². The lowest BCUT2D eigenvalue weighted by Crippen LogP contribution is -2.55. The Hall–Kier alpha value is -1.24. The highest BCUT2D eigenvalue weighted by Gasteiger charge is 2.36. The van der Waals surface area contributed by atoms with Crippen LogP contribution in [0.1, 0.15) is 5.56 Å². The summed E-state index contributed by atoms with van der Waals surface area (Å²) < 4.78 is 37.3. The number of ketones is 1. The number of benzene rings is 1. The van der Waals surface area contributed by atoms with Gasteiger partial charge in [0.25, 0.3) is 5.78 Å². The first kappa shape index (κ1) is 19.1. The van der Waals surface area contributed by atoms with Crippen molar-refractivity contribution in [2.75, 3.05) is 33.2 Å². The normalized spacial score (nSPS) is 18.2. The van der Waals surface area contributed by atoms with E-state index < -0.39 is 12.0 Å². The Balaban J connectivity index is 1.96. The zero-order valence-corrected chi connectivity index (χ0v) is 14.6. The van der Waals surface area contributed by atoms with Gasteiger partial charge in [0, 0.05) is 17.8 Å². The maximum Gasteiger partial charge on any atom is 0.454 e. The number of hydrogen-bond acceptors (Lipinski definition) is 2. The monoisotopic (exact) mass is 381 g/mol. The highest BCUT2D eigenvalue weighted by Crippen LogP contribution is 2.28. The van der Waals surface area contributed by atoms with Gasteiger partial charge >= 0.3 is 6.18 Å². The first-order valence-electron chi connectivity index (χ1n) is 7.41. The van der Waals surface area contributed by atoms with Gasteiger partial charge in [0.2, 0.25) is 0 Å². The molecule has 1 aliphatic rings. The standard InChI is InChI=1S/C16H18Cl2F3N2O/c1-23(11-12-13(17)3-2-4-14(12)18)9-7-22(8-10-23)6-5-15(24)16(19,20)21/h2-6H,7-11H2,1H3/q+1/b6-5+. The molecule has 0 bridgehead atoms. The highest BCUT2D eigenvalue weighted by molar-refractivity contribution is 6.35. The van der Waals surface area contributed by atoms with Crippen LogP contribution in [0.15, 0.2) is 30.5 Å². The fourth-order valence-corrected chi connectivity index (χ4v) is 3.12.